The Morgan fingerprint density at radius 1 is 1.03 bits per heavy atom. The van der Waals surface area contributed by atoms with Crippen LogP contribution in [0.3, 0.4) is 0 Å². The third-order valence-corrected chi connectivity index (χ3v) is 5.93. The zero-order chi connectivity index (χ0) is 20.0. The van der Waals surface area contributed by atoms with Crippen LogP contribution in [0.15, 0.2) is 65.6 Å². The lowest BCUT2D eigenvalue weighted by Gasteiger charge is -2.14. The van der Waals surface area contributed by atoms with Gasteiger partial charge in [-0.25, -0.2) is 0 Å². The van der Waals surface area contributed by atoms with E-state index in [0.29, 0.717) is 0 Å². The lowest BCUT2D eigenvalue weighted by Crippen LogP contribution is -2.24. The highest BCUT2D eigenvalue weighted by molar-refractivity contribution is 5.87. The molecule has 4 aromatic rings. The number of aromatic nitrogens is 2. The minimum atomic E-state index is -0.0614. The van der Waals surface area contributed by atoms with E-state index in [2.05, 4.69) is 29.1 Å². The maximum absolute atomic E-state index is 12.9. The second-order valence-electron chi connectivity index (χ2n) is 7.59. The van der Waals surface area contributed by atoms with E-state index in [1.54, 1.807) is 10.6 Å². The van der Waals surface area contributed by atoms with Gasteiger partial charge >= 0.3 is 0 Å². The Hall–Kier alpha value is -2.86. The summed E-state index contributed by atoms with van der Waals surface area (Å²) in [5, 5.41) is 13.9. The summed E-state index contributed by atoms with van der Waals surface area (Å²) in [4.78, 5) is 12.9. The Morgan fingerprint density at radius 2 is 1.83 bits per heavy atom. The van der Waals surface area contributed by atoms with Crippen LogP contribution >= 0.6 is 12.4 Å². The van der Waals surface area contributed by atoms with E-state index in [9.17, 15) is 9.90 Å². The number of rotatable bonds is 3. The van der Waals surface area contributed by atoms with E-state index >= 15 is 0 Å². The molecule has 1 aliphatic heterocycles. The number of nitrogens with zero attached hydrogens (tertiary/aromatic N) is 2. The van der Waals surface area contributed by atoms with E-state index in [-0.39, 0.29) is 24.6 Å². The third kappa shape index (κ3) is 3.35. The van der Waals surface area contributed by atoms with E-state index in [4.69, 9.17) is 0 Å². The average molecular weight is 422 g/mol. The minimum Gasteiger partial charge on any atom is -0.392 e. The lowest BCUT2D eigenvalue weighted by molar-refractivity contribution is 0.282. The van der Waals surface area contributed by atoms with Crippen LogP contribution in [-0.2, 0) is 26.6 Å². The maximum atomic E-state index is 12.9. The van der Waals surface area contributed by atoms with E-state index in [1.165, 1.54) is 16.6 Å². The molecule has 0 unspecified atom stereocenters. The molecule has 0 saturated heterocycles. The smallest absolute Gasteiger partial charge is 0.255 e. The molecule has 0 amide bonds. The summed E-state index contributed by atoms with van der Waals surface area (Å²) < 4.78 is 3.93. The highest BCUT2D eigenvalue weighted by Gasteiger charge is 2.18. The predicted octanol–water partition coefficient (Wildman–Crippen LogP) is 3.56. The molecule has 3 heterocycles. The molecule has 2 N–H and O–H groups in total. The summed E-state index contributed by atoms with van der Waals surface area (Å²) in [6.07, 6.45) is 2.87. The first-order valence-corrected chi connectivity index (χ1v) is 9.90. The van der Waals surface area contributed by atoms with Gasteiger partial charge in [0.1, 0.15) is 0 Å². The van der Waals surface area contributed by atoms with Crippen molar-refractivity contribution in [2.24, 2.45) is 7.05 Å². The van der Waals surface area contributed by atoms with Gasteiger partial charge in [-0.15, -0.1) is 12.4 Å². The van der Waals surface area contributed by atoms with Gasteiger partial charge in [-0.3, -0.25) is 9.36 Å². The molecule has 5 rings (SSSR count). The number of hydrogen-bond acceptors (Lipinski definition) is 3. The Balaban J connectivity index is 0.00000218. The van der Waals surface area contributed by atoms with Crippen molar-refractivity contribution in [3.8, 4) is 16.8 Å². The number of aryl methyl sites for hydroxylation is 1. The van der Waals surface area contributed by atoms with Crippen molar-refractivity contribution in [2.45, 2.75) is 19.6 Å². The Bertz CT molecular complexity index is 1270. The van der Waals surface area contributed by atoms with Crippen LogP contribution in [0.5, 0.6) is 0 Å². The molecule has 0 radical (unpaired) electrons. The number of aliphatic hydroxyl groups excluding tert-OH is 1. The molecule has 154 valence electrons. The van der Waals surface area contributed by atoms with Gasteiger partial charge in [-0.05, 0) is 53.4 Å². The molecule has 2 aromatic carbocycles. The molecule has 2 aromatic heterocycles. The van der Waals surface area contributed by atoms with Crippen LogP contribution in [-0.4, -0.2) is 20.8 Å². The van der Waals surface area contributed by atoms with Crippen molar-refractivity contribution in [2.75, 3.05) is 6.54 Å². The number of fused-ring (bicyclic) bond motifs is 3. The van der Waals surface area contributed by atoms with Crippen LogP contribution in [0.4, 0.5) is 0 Å². The van der Waals surface area contributed by atoms with Crippen molar-refractivity contribution in [1.82, 2.24) is 14.5 Å². The molecule has 0 saturated carbocycles. The van der Waals surface area contributed by atoms with Gasteiger partial charge in [0, 0.05) is 36.9 Å². The summed E-state index contributed by atoms with van der Waals surface area (Å²) in [6.45, 7) is 1.91. The first-order chi connectivity index (χ1) is 14.2. The molecule has 0 bridgehead atoms. The van der Waals surface area contributed by atoms with Crippen LogP contribution in [0.25, 0.3) is 27.7 Å². The maximum Gasteiger partial charge on any atom is 0.255 e. The largest absolute Gasteiger partial charge is 0.392 e. The number of benzene rings is 2. The van der Waals surface area contributed by atoms with Gasteiger partial charge in [0.15, 0.2) is 0 Å². The highest BCUT2D eigenvalue weighted by atomic mass is 35.5. The van der Waals surface area contributed by atoms with Gasteiger partial charge in [0.25, 0.3) is 5.56 Å². The van der Waals surface area contributed by atoms with Crippen molar-refractivity contribution < 1.29 is 5.11 Å². The fourth-order valence-corrected chi connectivity index (χ4v) is 4.30. The lowest BCUT2D eigenvalue weighted by atomic mass is 10.0. The zero-order valence-corrected chi connectivity index (χ0v) is 17.6. The van der Waals surface area contributed by atoms with Crippen molar-refractivity contribution in [3.05, 3.63) is 88.0 Å². The van der Waals surface area contributed by atoms with Crippen molar-refractivity contribution in [3.63, 3.8) is 0 Å². The van der Waals surface area contributed by atoms with E-state index < -0.39 is 0 Å². The second kappa shape index (κ2) is 8.11. The van der Waals surface area contributed by atoms with Crippen LogP contribution in [0, 0.1) is 0 Å². The van der Waals surface area contributed by atoms with Gasteiger partial charge in [0.2, 0.25) is 0 Å². The van der Waals surface area contributed by atoms with E-state index in [1.807, 2.05) is 42.6 Å². The first-order valence-electron chi connectivity index (χ1n) is 9.90. The van der Waals surface area contributed by atoms with Crippen LogP contribution in [0.1, 0.15) is 16.8 Å². The summed E-state index contributed by atoms with van der Waals surface area (Å²) in [5.41, 5.74) is 7.41. The molecule has 0 atom stereocenters. The molecule has 0 aliphatic carbocycles. The summed E-state index contributed by atoms with van der Waals surface area (Å²) in [6, 6.07) is 17.5. The minimum absolute atomic E-state index is 0. The SMILES string of the molecule is Cl.Cn1c2c(c3ccc(-n4ccc(-c5ccc(CO)cc5)cc4=O)cc31)CCNC2. The zero-order valence-electron chi connectivity index (χ0n) is 16.8. The summed E-state index contributed by atoms with van der Waals surface area (Å²) >= 11 is 0. The normalized spacial score (nSPS) is 13.1. The number of pyridine rings is 1. The Labute approximate surface area is 181 Å². The molecule has 6 heteroatoms. The molecular weight excluding hydrogens is 398 g/mol. The molecule has 0 spiro atoms. The monoisotopic (exact) mass is 421 g/mol. The summed E-state index contributed by atoms with van der Waals surface area (Å²) in [7, 11) is 2.10. The fourth-order valence-electron chi connectivity index (χ4n) is 4.30. The molecule has 30 heavy (non-hydrogen) atoms. The molecule has 0 fully saturated rings. The standard InChI is InChI=1S/C24H23N3O2.ClH/c1-26-22-13-19(6-7-20(22)21-8-10-25-14-23(21)26)27-11-9-18(12-24(27)29)17-4-2-16(15-28)3-5-17;/h2-7,9,11-13,25,28H,8,10,14-15H2,1H3;1H. The fraction of sp³-hybridized carbons (Fsp3) is 0.208. The average Bonchev–Trinajstić information content (AvgIpc) is 3.06. The number of hydrogen-bond donors (Lipinski definition) is 2. The van der Waals surface area contributed by atoms with Crippen LogP contribution in [0.2, 0.25) is 0 Å². The van der Waals surface area contributed by atoms with Crippen molar-refractivity contribution in [1.29, 1.82) is 0 Å². The Kier molecular flexibility index (Phi) is 5.52. The molecular formula is C24H24ClN3O2. The summed E-state index contributed by atoms with van der Waals surface area (Å²) in [5.74, 6) is 0. The van der Waals surface area contributed by atoms with E-state index in [0.717, 1.165) is 47.4 Å². The number of halogens is 1. The van der Waals surface area contributed by atoms with Gasteiger partial charge < -0.3 is 15.0 Å². The predicted molar refractivity (Wildman–Crippen MR) is 123 cm³/mol. The topological polar surface area (TPSA) is 59.2 Å². The number of aliphatic hydroxyl groups is 1. The quantitative estimate of drug-likeness (QED) is 0.531. The third-order valence-electron chi connectivity index (χ3n) is 5.93. The second-order valence-corrected chi connectivity index (χ2v) is 7.59. The molecule has 1 aliphatic rings. The van der Waals surface area contributed by atoms with Gasteiger partial charge in [-0.2, -0.15) is 0 Å². The van der Waals surface area contributed by atoms with Crippen LogP contribution < -0.4 is 10.9 Å². The van der Waals surface area contributed by atoms with Gasteiger partial charge in [-0.1, -0.05) is 30.3 Å². The van der Waals surface area contributed by atoms with Gasteiger partial charge in [0.05, 0.1) is 17.8 Å². The van der Waals surface area contributed by atoms with Crippen molar-refractivity contribution >= 4 is 23.3 Å². The number of nitrogens with one attached hydrogen (secondary N) is 1. The Morgan fingerprint density at radius 3 is 2.57 bits per heavy atom. The highest BCUT2D eigenvalue weighted by Crippen LogP contribution is 2.29. The first kappa shape index (κ1) is 20.4. The molecule has 5 nitrogen and oxygen atoms in total.